The molecule has 0 aliphatic carbocycles. The molecule has 0 saturated carbocycles. The summed E-state index contributed by atoms with van der Waals surface area (Å²) >= 11 is 0. The van der Waals surface area contributed by atoms with Crippen LogP contribution in [0.4, 0.5) is 0 Å². The molecule has 0 radical (unpaired) electrons. The van der Waals surface area contributed by atoms with Crippen molar-refractivity contribution in [1.29, 1.82) is 0 Å². The van der Waals surface area contributed by atoms with Crippen LogP contribution in [0.1, 0.15) is 56.5 Å². The van der Waals surface area contributed by atoms with Gasteiger partial charge in [0.2, 0.25) is 0 Å². The van der Waals surface area contributed by atoms with Crippen LogP contribution in [-0.2, 0) is 16.6 Å². The molecule has 1 heterocycles. The molecule has 0 N–H and O–H groups in total. The zero-order chi connectivity index (χ0) is 21.3. The van der Waals surface area contributed by atoms with Gasteiger partial charge in [0.25, 0.3) is 5.56 Å². The van der Waals surface area contributed by atoms with Gasteiger partial charge in [-0.25, -0.2) is 0 Å². The van der Waals surface area contributed by atoms with E-state index in [2.05, 4.69) is 38.1 Å². The summed E-state index contributed by atoms with van der Waals surface area (Å²) in [5, 5.41) is 1.48. The maximum atomic E-state index is 13.1. The molecule has 0 aliphatic heterocycles. The van der Waals surface area contributed by atoms with Crippen LogP contribution in [0.25, 0.3) is 21.9 Å². The van der Waals surface area contributed by atoms with Crippen LogP contribution in [0.15, 0.2) is 47.3 Å². The number of ether oxygens (including phenoxy) is 1. The second-order valence-electron chi connectivity index (χ2n) is 8.19. The van der Waals surface area contributed by atoms with E-state index < -0.39 is 6.10 Å². The van der Waals surface area contributed by atoms with Crippen molar-refractivity contribution in [2.45, 2.75) is 52.7 Å². The molecule has 0 spiro atoms. The number of carbonyl (C=O) groups excluding carboxylic acids is 1. The summed E-state index contributed by atoms with van der Waals surface area (Å²) in [6, 6.07) is 14.2. The average molecular weight is 392 g/mol. The molecule has 0 aliphatic rings. The van der Waals surface area contributed by atoms with Crippen molar-refractivity contribution in [2.75, 3.05) is 0 Å². The van der Waals surface area contributed by atoms with E-state index in [0.29, 0.717) is 17.0 Å². The minimum absolute atomic E-state index is 0.128. The van der Waals surface area contributed by atoms with Crippen LogP contribution in [0.5, 0.6) is 0 Å². The third-order valence-electron chi connectivity index (χ3n) is 5.27. The van der Waals surface area contributed by atoms with Gasteiger partial charge in [-0.15, -0.1) is 0 Å². The third kappa shape index (κ3) is 4.03. The van der Waals surface area contributed by atoms with Gasteiger partial charge in [0.1, 0.15) is 0 Å². The van der Waals surface area contributed by atoms with Crippen molar-refractivity contribution in [3.63, 3.8) is 0 Å². The lowest BCUT2D eigenvalue weighted by Crippen LogP contribution is -2.26. The normalized spacial score (nSPS) is 12.7. The zero-order valence-electron chi connectivity index (χ0n) is 18.0. The second kappa shape index (κ2) is 8.34. The highest BCUT2D eigenvalue weighted by Gasteiger charge is 2.24. The molecule has 29 heavy (non-hydrogen) atoms. The predicted molar refractivity (Wildman–Crippen MR) is 118 cm³/mol. The molecule has 0 fully saturated rings. The molecular formula is C25H29NO3. The predicted octanol–water partition coefficient (Wildman–Crippen LogP) is 5.30. The smallest absolute Gasteiger partial charge is 0.258 e. The second-order valence-corrected chi connectivity index (χ2v) is 8.19. The maximum Gasteiger partial charge on any atom is 0.258 e. The first kappa shape index (κ1) is 21.0. The van der Waals surface area contributed by atoms with Crippen LogP contribution < -0.4 is 5.56 Å². The topological polar surface area (TPSA) is 48.3 Å². The highest BCUT2D eigenvalue weighted by molar-refractivity contribution is 5.98. The number of fused-ring (bicyclic) bond motifs is 1. The van der Waals surface area contributed by atoms with Crippen molar-refractivity contribution >= 4 is 17.1 Å². The lowest BCUT2D eigenvalue weighted by atomic mass is 9.92. The number of pyridine rings is 1. The Kier molecular flexibility index (Phi) is 6.04. The summed E-state index contributed by atoms with van der Waals surface area (Å²) in [6.45, 7) is 10.1. The number of hydrogen-bond donors (Lipinski definition) is 0. The standard InChI is InChI=1S/C25H29NO3/c1-15(2)18-8-10-19(11-9-18)23-21-13-17(5)7-12-20(21)25(28)26(6)24(23)22(14-27)29-16(3)4/h7-16,22H,1-6H3. The fourth-order valence-electron chi connectivity index (χ4n) is 3.77. The molecule has 1 aromatic heterocycles. The highest BCUT2D eigenvalue weighted by Crippen LogP contribution is 2.35. The van der Waals surface area contributed by atoms with Crippen LogP contribution in [0, 0.1) is 6.92 Å². The molecule has 152 valence electrons. The molecule has 3 rings (SSSR count). The Morgan fingerprint density at radius 1 is 0.966 bits per heavy atom. The van der Waals surface area contributed by atoms with Crippen molar-refractivity contribution < 1.29 is 9.53 Å². The molecule has 4 heteroatoms. The van der Waals surface area contributed by atoms with E-state index in [-0.39, 0.29) is 11.7 Å². The number of aldehydes is 1. The van der Waals surface area contributed by atoms with Gasteiger partial charge in [0.05, 0.1) is 11.8 Å². The zero-order valence-corrected chi connectivity index (χ0v) is 18.0. The molecule has 1 unspecified atom stereocenters. The monoisotopic (exact) mass is 391 g/mol. The molecule has 0 saturated heterocycles. The number of rotatable bonds is 6. The fourth-order valence-corrected chi connectivity index (χ4v) is 3.77. The lowest BCUT2D eigenvalue weighted by Gasteiger charge is -2.23. The number of carbonyl (C=O) groups is 1. The SMILES string of the molecule is Cc1ccc2c(=O)n(C)c(C(C=O)OC(C)C)c(-c3ccc(C(C)C)cc3)c2c1. The summed E-state index contributed by atoms with van der Waals surface area (Å²) in [7, 11) is 1.71. The summed E-state index contributed by atoms with van der Waals surface area (Å²) in [6.07, 6.45) is -0.190. The average Bonchev–Trinajstić information content (AvgIpc) is 2.68. The molecule has 1 atom stereocenters. The third-order valence-corrected chi connectivity index (χ3v) is 5.27. The minimum atomic E-state index is -0.822. The van der Waals surface area contributed by atoms with Crippen LogP contribution in [0.3, 0.4) is 0 Å². The van der Waals surface area contributed by atoms with Crippen molar-refractivity contribution in [1.82, 2.24) is 4.57 Å². The van der Waals surface area contributed by atoms with Gasteiger partial charge < -0.3 is 14.1 Å². The van der Waals surface area contributed by atoms with Gasteiger partial charge in [0, 0.05) is 18.0 Å². The first-order valence-electron chi connectivity index (χ1n) is 10.1. The summed E-state index contributed by atoms with van der Waals surface area (Å²) in [5.41, 5.74) is 4.61. The summed E-state index contributed by atoms with van der Waals surface area (Å²) in [4.78, 5) is 25.1. The van der Waals surface area contributed by atoms with Gasteiger partial charge >= 0.3 is 0 Å². The van der Waals surface area contributed by atoms with E-state index in [1.165, 1.54) is 5.56 Å². The quantitative estimate of drug-likeness (QED) is 0.536. The maximum absolute atomic E-state index is 13.1. The molecule has 2 aromatic carbocycles. The molecule has 3 aromatic rings. The van der Waals surface area contributed by atoms with Crippen molar-refractivity contribution in [2.24, 2.45) is 7.05 Å². The Morgan fingerprint density at radius 2 is 1.62 bits per heavy atom. The minimum Gasteiger partial charge on any atom is -0.362 e. The van der Waals surface area contributed by atoms with Gasteiger partial charge in [-0.1, -0.05) is 55.8 Å². The highest BCUT2D eigenvalue weighted by atomic mass is 16.5. The number of benzene rings is 2. The van der Waals surface area contributed by atoms with E-state index >= 15 is 0 Å². The van der Waals surface area contributed by atoms with Gasteiger partial charge in [0.15, 0.2) is 12.4 Å². The Labute approximate surface area is 172 Å². The Hall–Kier alpha value is -2.72. The Balaban J connectivity index is 2.41. The van der Waals surface area contributed by atoms with Crippen LogP contribution in [-0.4, -0.2) is 17.0 Å². The van der Waals surface area contributed by atoms with Crippen LogP contribution in [0.2, 0.25) is 0 Å². The van der Waals surface area contributed by atoms with Gasteiger partial charge in [-0.05, 0) is 49.3 Å². The number of hydrogen-bond acceptors (Lipinski definition) is 3. The molecule has 0 amide bonds. The summed E-state index contributed by atoms with van der Waals surface area (Å²) in [5.74, 6) is 0.426. The van der Waals surface area contributed by atoms with Gasteiger partial charge in [-0.2, -0.15) is 0 Å². The van der Waals surface area contributed by atoms with Crippen LogP contribution >= 0.6 is 0 Å². The number of aromatic nitrogens is 1. The van der Waals surface area contributed by atoms with E-state index in [9.17, 15) is 9.59 Å². The Bertz CT molecular complexity index is 1090. The Morgan fingerprint density at radius 3 is 2.17 bits per heavy atom. The van der Waals surface area contributed by atoms with E-state index in [1.807, 2.05) is 39.0 Å². The fraction of sp³-hybridized carbons (Fsp3) is 0.360. The van der Waals surface area contributed by atoms with Gasteiger partial charge in [-0.3, -0.25) is 4.79 Å². The first-order valence-corrected chi connectivity index (χ1v) is 10.1. The summed E-state index contributed by atoms with van der Waals surface area (Å²) < 4.78 is 7.46. The number of nitrogens with zero attached hydrogens (tertiary/aromatic N) is 1. The lowest BCUT2D eigenvalue weighted by molar-refractivity contribution is -0.121. The van der Waals surface area contributed by atoms with Crippen molar-refractivity contribution in [3.05, 3.63) is 69.6 Å². The number of aryl methyl sites for hydroxylation is 1. The van der Waals surface area contributed by atoms with Crippen molar-refractivity contribution in [3.8, 4) is 11.1 Å². The van der Waals surface area contributed by atoms with E-state index in [1.54, 1.807) is 11.6 Å². The largest absolute Gasteiger partial charge is 0.362 e. The van der Waals surface area contributed by atoms with E-state index in [4.69, 9.17) is 4.74 Å². The molecule has 0 bridgehead atoms. The van der Waals surface area contributed by atoms with E-state index in [0.717, 1.165) is 28.4 Å². The molecule has 4 nitrogen and oxygen atoms in total. The first-order chi connectivity index (χ1) is 13.7. The molecular weight excluding hydrogens is 362 g/mol.